The second-order valence-corrected chi connectivity index (χ2v) is 7.22. The number of nitrogens with one attached hydrogen (secondary N) is 1. The normalized spacial score (nSPS) is 12.4. The average molecular weight is 350 g/mol. The van der Waals surface area contributed by atoms with Crippen LogP contribution in [0.3, 0.4) is 0 Å². The zero-order valence-corrected chi connectivity index (χ0v) is 15.3. The van der Waals surface area contributed by atoms with E-state index in [2.05, 4.69) is 29.2 Å². The molecule has 1 unspecified atom stereocenters. The summed E-state index contributed by atoms with van der Waals surface area (Å²) in [6.45, 7) is 10.2. The van der Waals surface area contributed by atoms with Gasteiger partial charge in [-0.05, 0) is 26.7 Å². The van der Waals surface area contributed by atoms with Crippen LogP contribution in [-0.2, 0) is 6.54 Å². The van der Waals surface area contributed by atoms with Crippen LogP contribution in [0.25, 0.3) is 0 Å². The number of carbonyl (C=O) groups excluding carboxylic acids is 1. The van der Waals surface area contributed by atoms with Gasteiger partial charge in [0.15, 0.2) is 0 Å². The van der Waals surface area contributed by atoms with Crippen LogP contribution in [0, 0.1) is 19.8 Å². The van der Waals surface area contributed by atoms with Crippen LogP contribution in [0.5, 0.6) is 0 Å². The number of aromatic nitrogens is 3. The van der Waals surface area contributed by atoms with Gasteiger partial charge >= 0.3 is 5.97 Å². The maximum atomic E-state index is 12.5. The van der Waals surface area contributed by atoms with Crippen molar-refractivity contribution in [3.63, 3.8) is 0 Å². The third-order valence-electron chi connectivity index (χ3n) is 3.61. The maximum absolute atomic E-state index is 12.5. The van der Waals surface area contributed by atoms with Crippen LogP contribution < -0.4 is 5.32 Å². The summed E-state index contributed by atoms with van der Waals surface area (Å²) in [7, 11) is 0. The highest BCUT2D eigenvalue weighted by molar-refractivity contribution is 7.13. The molecule has 1 atom stereocenters. The van der Waals surface area contributed by atoms with Crippen LogP contribution in [-0.4, -0.2) is 31.7 Å². The maximum Gasteiger partial charge on any atom is 0.347 e. The monoisotopic (exact) mass is 350 g/mol. The van der Waals surface area contributed by atoms with Crippen molar-refractivity contribution in [3.8, 4) is 0 Å². The smallest absolute Gasteiger partial charge is 0.347 e. The number of aryl methyl sites for hydroxylation is 1. The molecule has 0 aliphatic heterocycles. The van der Waals surface area contributed by atoms with E-state index in [0.717, 1.165) is 23.6 Å². The van der Waals surface area contributed by atoms with E-state index in [4.69, 9.17) is 5.11 Å². The molecule has 0 aliphatic carbocycles. The largest absolute Gasteiger partial charge is 0.477 e. The Labute approximate surface area is 144 Å². The Morgan fingerprint density at radius 1 is 1.33 bits per heavy atom. The quantitative estimate of drug-likeness (QED) is 0.835. The fourth-order valence-corrected chi connectivity index (χ4v) is 3.24. The molecule has 0 saturated heterocycles. The standard InChI is InChI=1S/C16H22N4O3S/c1-8(2)7-20-11(5)12(6-17-20)14(21)18-10(4)15-19-9(3)13(24-15)16(22)23/h6,8,10H,7H2,1-5H3,(H,18,21)(H,22,23). The van der Waals surface area contributed by atoms with E-state index in [9.17, 15) is 9.59 Å². The van der Waals surface area contributed by atoms with Crippen molar-refractivity contribution in [1.29, 1.82) is 0 Å². The van der Waals surface area contributed by atoms with Gasteiger partial charge in [0.2, 0.25) is 0 Å². The summed E-state index contributed by atoms with van der Waals surface area (Å²) in [5, 5.41) is 16.8. The molecule has 0 saturated carbocycles. The molecule has 2 rings (SSSR count). The van der Waals surface area contributed by atoms with Crippen molar-refractivity contribution in [3.05, 3.63) is 33.0 Å². The molecular formula is C16H22N4O3S. The lowest BCUT2D eigenvalue weighted by Gasteiger charge is -2.11. The molecule has 2 aromatic rings. The van der Waals surface area contributed by atoms with Crippen molar-refractivity contribution in [1.82, 2.24) is 20.1 Å². The van der Waals surface area contributed by atoms with Crippen LogP contribution in [0.4, 0.5) is 0 Å². The van der Waals surface area contributed by atoms with Gasteiger partial charge in [0.1, 0.15) is 9.88 Å². The predicted molar refractivity (Wildman–Crippen MR) is 91.5 cm³/mol. The summed E-state index contributed by atoms with van der Waals surface area (Å²) in [6.07, 6.45) is 1.57. The minimum Gasteiger partial charge on any atom is -0.477 e. The number of carbonyl (C=O) groups is 2. The third-order valence-corrected chi connectivity index (χ3v) is 4.94. The Balaban J connectivity index is 2.13. The number of aromatic carboxylic acids is 1. The van der Waals surface area contributed by atoms with E-state index in [1.165, 1.54) is 0 Å². The summed E-state index contributed by atoms with van der Waals surface area (Å²) >= 11 is 1.08. The summed E-state index contributed by atoms with van der Waals surface area (Å²) in [5.74, 6) is -0.800. The predicted octanol–water partition coefficient (Wildman–Crippen LogP) is 2.80. The molecule has 0 aromatic carbocycles. The average Bonchev–Trinajstić information content (AvgIpc) is 3.03. The van der Waals surface area contributed by atoms with Crippen LogP contribution in [0.15, 0.2) is 6.20 Å². The molecule has 2 heterocycles. The Hall–Kier alpha value is -2.22. The number of carboxylic acids is 1. The first-order chi connectivity index (χ1) is 11.2. The number of thiazole rings is 1. The highest BCUT2D eigenvalue weighted by atomic mass is 32.1. The molecule has 2 N–H and O–H groups in total. The summed E-state index contributed by atoms with van der Waals surface area (Å²) in [4.78, 5) is 28.0. The van der Waals surface area contributed by atoms with Gasteiger partial charge in [0, 0.05) is 12.2 Å². The van der Waals surface area contributed by atoms with Crippen LogP contribution in [0.2, 0.25) is 0 Å². The molecule has 1 amide bonds. The minimum absolute atomic E-state index is 0.201. The topological polar surface area (TPSA) is 97.1 Å². The first-order valence-corrected chi connectivity index (χ1v) is 8.56. The Bertz CT molecular complexity index is 763. The number of amides is 1. The molecule has 0 fully saturated rings. The summed E-state index contributed by atoms with van der Waals surface area (Å²) in [5.41, 5.74) is 1.80. The van der Waals surface area contributed by atoms with Gasteiger partial charge in [0.05, 0.1) is 23.5 Å². The summed E-state index contributed by atoms with van der Waals surface area (Å²) < 4.78 is 1.82. The third kappa shape index (κ3) is 3.81. The van der Waals surface area contributed by atoms with Gasteiger partial charge in [-0.3, -0.25) is 9.48 Å². The molecular weight excluding hydrogens is 328 g/mol. The van der Waals surface area contributed by atoms with Crippen molar-refractivity contribution in [2.45, 2.75) is 47.2 Å². The SMILES string of the molecule is Cc1nc(C(C)NC(=O)c2cnn(CC(C)C)c2C)sc1C(=O)O. The van der Waals surface area contributed by atoms with Crippen molar-refractivity contribution in [2.24, 2.45) is 5.92 Å². The van der Waals surface area contributed by atoms with Crippen LogP contribution >= 0.6 is 11.3 Å². The second-order valence-electron chi connectivity index (χ2n) is 6.19. The first kappa shape index (κ1) is 18.1. The minimum atomic E-state index is -0.999. The molecule has 2 aromatic heterocycles. The zero-order chi connectivity index (χ0) is 18.0. The number of rotatable bonds is 6. The van der Waals surface area contributed by atoms with E-state index >= 15 is 0 Å². The first-order valence-electron chi connectivity index (χ1n) is 7.74. The Kier molecular flexibility index (Phi) is 5.38. The van der Waals surface area contributed by atoms with Gasteiger partial charge in [-0.25, -0.2) is 9.78 Å². The Morgan fingerprint density at radius 2 is 2.00 bits per heavy atom. The molecule has 24 heavy (non-hydrogen) atoms. The molecule has 0 radical (unpaired) electrons. The van der Waals surface area contributed by atoms with E-state index in [-0.39, 0.29) is 16.8 Å². The fraction of sp³-hybridized carbons (Fsp3) is 0.500. The van der Waals surface area contributed by atoms with Gasteiger partial charge < -0.3 is 10.4 Å². The fourth-order valence-electron chi connectivity index (χ4n) is 2.34. The summed E-state index contributed by atoms with van der Waals surface area (Å²) in [6, 6.07) is -0.373. The van der Waals surface area contributed by atoms with Crippen molar-refractivity contribution in [2.75, 3.05) is 0 Å². The van der Waals surface area contributed by atoms with E-state index in [1.807, 2.05) is 11.6 Å². The molecule has 0 spiro atoms. The van der Waals surface area contributed by atoms with Crippen molar-refractivity contribution >= 4 is 23.2 Å². The lowest BCUT2D eigenvalue weighted by Crippen LogP contribution is -2.27. The highest BCUT2D eigenvalue weighted by Gasteiger charge is 2.21. The van der Waals surface area contributed by atoms with E-state index < -0.39 is 5.97 Å². The van der Waals surface area contributed by atoms with E-state index in [1.54, 1.807) is 20.0 Å². The van der Waals surface area contributed by atoms with E-state index in [0.29, 0.717) is 22.2 Å². The second kappa shape index (κ2) is 7.12. The number of carboxylic acid groups (broad SMARTS) is 1. The number of hydrogen-bond acceptors (Lipinski definition) is 5. The molecule has 8 heteroatoms. The van der Waals surface area contributed by atoms with Gasteiger partial charge in [-0.1, -0.05) is 13.8 Å². The Morgan fingerprint density at radius 3 is 2.54 bits per heavy atom. The lowest BCUT2D eigenvalue weighted by molar-refractivity contribution is 0.0701. The van der Waals surface area contributed by atoms with Gasteiger partial charge in [-0.15, -0.1) is 11.3 Å². The van der Waals surface area contributed by atoms with Crippen molar-refractivity contribution < 1.29 is 14.7 Å². The molecule has 130 valence electrons. The lowest BCUT2D eigenvalue weighted by atomic mass is 10.2. The number of hydrogen-bond donors (Lipinski definition) is 2. The number of nitrogens with zero attached hydrogens (tertiary/aromatic N) is 3. The van der Waals surface area contributed by atoms with Crippen LogP contribution in [0.1, 0.15) is 63.2 Å². The van der Waals surface area contributed by atoms with Gasteiger partial charge in [-0.2, -0.15) is 5.10 Å². The van der Waals surface area contributed by atoms with Gasteiger partial charge in [0.25, 0.3) is 5.91 Å². The molecule has 0 bridgehead atoms. The molecule has 0 aliphatic rings. The molecule has 7 nitrogen and oxygen atoms in total. The zero-order valence-electron chi connectivity index (χ0n) is 14.5. The highest BCUT2D eigenvalue weighted by Crippen LogP contribution is 2.24.